The minimum Gasteiger partial charge on any atom is -0.393 e. The summed E-state index contributed by atoms with van der Waals surface area (Å²) in [6, 6.07) is 0. The Labute approximate surface area is 87.7 Å². The first kappa shape index (κ1) is 13.7. The Morgan fingerprint density at radius 3 is 2.36 bits per heavy atom. The van der Waals surface area contributed by atoms with Gasteiger partial charge in [-0.2, -0.15) is 0 Å². The smallest absolute Gasteiger partial charge is 0.0773 e. The molecule has 1 radical (unpaired) electrons. The van der Waals surface area contributed by atoms with Crippen molar-refractivity contribution in [3.8, 4) is 0 Å². The maximum absolute atomic E-state index is 9.80. The summed E-state index contributed by atoms with van der Waals surface area (Å²) in [6.45, 7) is 7.67. The first-order chi connectivity index (χ1) is 6.67. The van der Waals surface area contributed by atoms with Crippen molar-refractivity contribution in [2.45, 2.75) is 51.7 Å². The predicted octanol–water partition coefficient (Wildman–Crippen LogP) is 2.31. The Hall–Kier alpha value is -0.340. The lowest BCUT2D eigenvalue weighted by Crippen LogP contribution is -2.30. The highest BCUT2D eigenvalue weighted by atomic mass is 16.3. The van der Waals surface area contributed by atoms with Crippen molar-refractivity contribution in [2.75, 3.05) is 0 Å². The van der Waals surface area contributed by atoms with Gasteiger partial charge in [0.15, 0.2) is 0 Å². The Morgan fingerprint density at radius 1 is 1.29 bits per heavy atom. The van der Waals surface area contributed by atoms with E-state index in [-0.39, 0.29) is 5.92 Å². The second kappa shape index (κ2) is 8.01. The van der Waals surface area contributed by atoms with E-state index in [4.69, 9.17) is 0 Å². The summed E-state index contributed by atoms with van der Waals surface area (Å²) in [5, 5.41) is 19.5. The summed E-state index contributed by atoms with van der Waals surface area (Å²) in [5.41, 5.74) is 0. The third-order valence-corrected chi connectivity index (χ3v) is 2.47. The van der Waals surface area contributed by atoms with Crippen molar-refractivity contribution in [2.24, 2.45) is 5.92 Å². The van der Waals surface area contributed by atoms with Gasteiger partial charge in [-0.15, -0.1) is 0 Å². The number of aliphatic hydroxyl groups excluding tert-OH is 2. The lowest BCUT2D eigenvalue weighted by Gasteiger charge is -2.24. The number of hydrogen-bond acceptors (Lipinski definition) is 2. The van der Waals surface area contributed by atoms with Gasteiger partial charge in [0.1, 0.15) is 0 Å². The van der Waals surface area contributed by atoms with Gasteiger partial charge >= 0.3 is 0 Å². The second-order valence-electron chi connectivity index (χ2n) is 3.64. The highest BCUT2D eigenvalue weighted by molar-refractivity contribution is 4.94. The van der Waals surface area contributed by atoms with E-state index in [9.17, 15) is 10.2 Å². The Kier molecular flexibility index (Phi) is 7.81. The second-order valence-corrected chi connectivity index (χ2v) is 3.64. The van der Waals surface area contributed by atoms with Gasteiger partial charge in [-0.1, -0.05) is 32.4 Å². The molecular formula is C12H23O2. The molecule has 0 aromatic rings. The molecule has 0 aromatic carbocycles. The van der Waals surface area contributed by atoms with Gasteiger partial charge in [-0.3, -0.25) is 0 Å². The number of hydrogen-bond donors (Lipinski definition) is 2. The van der Waals surface area contributed by atoms with Crippen LogP contribution in [-0.4, -0.2) is 22.4 Å². The van der Waals surface area contributed by atoms with Crippen LogP contribution in [0.5, 0.6) is 0 Å². The molecular weight excluding hydrogens is 176 g/mol. The summed E-state index contributed by atoms with van der Waals surface area (Å²) in [7, 11) is 0. The molecule has 0 aliphatic rings. The number of allylic oxidation sites excluding steroid dienone is 1. The first-order valence-corrected chi connectivity index (χ1v) is 5.49. The van der Waals surface area contributed by atoms with E-state index in [0.29, 0.717) is 12.8 Å². The van der Waals surface area contributed by atoms with E-state index in [1.54, 1.807) is 6.08 Å². The molecule has 3 atom stereocenters. The fourth-order valence-corrected chi connectivity index (χ4v) is 1.61. The molecule has 0 rings (SSSR count). The Bertz CT molecular complexity index is 154. The van der Waals surface area contributed by atoms with Gasteiger partial charge in [-0.25, -0.2) is 0 Å². The molecule has 0 heterocycles. The van der Waals surface area contributed by atoms with Crippen LogP contribution >= 0.6 is 0 Å². The highest BCUT2D eigenvalue weighted by Crippen LogP contribution is 2.19. The molecule has 0 fully saturated rings. The van der Waals surface area contributed by atoms with Gasteiger partial charge in [0.05, 0.1) is 12.2 Å². The van der Waals surface area contributed by atoms with Crippen LogP contribution in [0, 0.1) is 12.8 Å². The minimum atomic E-state index is -0.536. The zero-order valence-electron chi connectivity index (χ0n) is 9.32. The van der Waals surface area contributed by atoms with Crippen molar-refractivity contribution in [3.63, 3.8) is 0 Å². The van der Waals surface area contributed by atoms with Crippen molar-refractivity contribution in [3.05, 3.63) is 19.1 Å². The number of rotatable bonds is 7. The molecule has 14 heavy (non-hydrogen) atoms. The van der Waals surface area contributed by atoms with Gasteiger partial charge in [0.25, 0.3) is 0 Å². The zero-order chi connectivity index (χ0) is 11.0. The predicted molar refractivity (Wildman–Crippen MR) is 59.8 cm³/mol. The summed E-state index contributed by atoms with van der Waals surface area (Å²) >= 11 is 0. The lowest BCUT2D eigenvalue weighted by molar-refractivity contribution is 0.0280. The molecule has 0 saturated heterocycles. The molecule has 0 bridgehead atoms. The van der Waals surface area contributed by atoms with E-state index in [0.717, 1.165) is 12.8 Å². The van der Waals surface area contributed by atoms with Crippen LogP contribution in [0.4, 0.5) is 0 Å². The van der Waals surface area contributed by atoms with Crippen LogP contribution in [0.25, 0.3) is 0 Å². The maximum Gasteiger partial charge on any atom is 0.0773 e. The molecule has 0 amide bonds. The largest absolute Gasteiger partial charge is 0.393 e. The quantitative estimate of drug-likeness (QED) is 0.618. The molecule has 0 saturated carbocycles. The van der Waals surface area contributed by atoms with Crippen LogP contribution in [-0.2, 0) is 0 Å². The third kappa shape index (κ3) is 4.77. The molecule has 0 spiro atoms. The van der Waals surface area contributed by atoms with Crippen molar-refractivity contribution >= 4 is 0 Å². The van der Waals surface area contributed by atoms with Crippen LogP contribution < -0.4 is 0 Å². The van der Waals surface area contributed by atoms with Gasteiger partial charge in [-0.05, 0) is 26.2 Å². The summed E-state index contributed by atoms with van der Waals surface area (Å²) in [4.78, 5) is 0. The summed E-state index contributed by atoms with van der Waals surface area (Å²) < 4.78 is 0. The number of aliphatic hydroxyl groups is 2. The van der Waals surface area contributed by atoms with E-state index < -0.39 is 12.2 Å². The van der Waals surface area contributed by atoms with E-state index in [1.807, 2.05) is 13.0 Å². The molecule has 0 aliphatic carbocycles. The fourth-order valence-electron chi connectivity index (χ4n) is 1.61. The van der Waals surface area contributed by atoms with Crippen LogP contribution in [0.2, 0.25) is 0 Å². The third-order valence-electron chi connectivity index (χ3n) is 2.47. The normalized spacial score (nSPS) is 18.4. The SMILES string of the molecule is [CH2]C/C=C/C(O)C(CCC)C(O)CC. The highest BCUT2D eigenvalue weighted by Gasteiger charge is 2.22. The molecule has 2 heteroatoms. The van der Waals surface area contributed by atoms with Gasteiger partial charge in [0, 0.05) is 5.92 Å². The molecule has 0 aliphatic heterocycles. The van der Waals surface area contributed by atoms with Crippen molar-refractivity contribution in [1.29, 1.82) is 0 Å². The van der Waals surface area contributed by atoms with E-state index in [2.05, 4.69) is 13.8 Å². The standard InChI is InChI=1S/C12H23O2/c1-4-7-9-12(14)10(8-5-2)11(13)6-3/h7,9-14H,1,4-6,8H2,2-3H3/b9-7+. The molecule has 0 aromatic heterocycles. The lowest BCUT2D eigenvalue weighted by atomic mass is 9.89. The van der Waals surface area contributed by atoms with Crippen molar-refractivity contribution in [1.82, 2.24) is 0 Å². The summed E-state index contributed by atoms with van der Waals surface area (Å²) in [5.74, 6) is -0.0344. The first-order valence-electron chi connectivity index (χ1n) is 5.49. The average molecular weight is 199 g/mol. The molecule has 2 N–H and O–H groups in total. The average Bonchev–Trinajstić information content (AvgIpc) is 2.21. The van der Waals surface area contributed by atoms with Crippen LogP contribution in [0.1, 0.15) is 39.5 Å². The summed E-state index contributed by atoms with van der Waals surface area (Å²) in [6.07, 6.45) is 5.86. The van der Waals surface area contributed by atoms with Crippen molar-refractivity contribution < 1.29 is 10.2 Å². The fraction of sp³-hybridized carbons (Fsp3) is 0.750. The van der Waals surface area contributed by atoms with Gasteiger partial charge < -0.3 is 10.2 Å². The monoisotopic (exact) mass is 199 g/mol. The Balaban J connectivity index is 4.23. The van der Waals surface area contributed by atoms with E-state index in [1.165, 1.54) is 0 Å². The zero-order valence-corrected chi connectivity index (χ0v) is 9.32. The minimum absolute atomic E-state index is 0.0344. The topological polar surface area (TPSA) is 40.5 Å². The van der Waals surface area contributed by atoms with E-state index >= 15 is 0 Å². The van der Waals surface area contributed by atoms with Gasteiger partial charge in [0.2, 0.25) is 0 Å². The van der Waals surface area contributed by atoms with Crippen LogP contribution in [0.3, 0.4) is 0 Å². The van der Waals surface area contributed by atoms with Crippen LogP contribution in [0.15, 0.2) is 12.2 Å². The molecule has 83 valence electrons. The molecule has 3 unspecified atom stereocenters. The molecule has 2 nitrogen and oxygen atoms in total. The maximum atomic E-state index is 9.80. The Morgan fingerprint density at radius 2 is 1.93 bits per heavy atom.